The van der Waals surface area contributed by atoms with Crippen LogP contribution < -0.4 is 11.5 Å². The van der Waals surface area contributed by atoms with Gasteiger partial charge in [0.2, 0.25) is 5.16 Å². The molecule has 12 nitrogen and oxygen atoms in total. The van der Waals surface area contributed by atoms with Gasteiger partial charge in [-0.25, -0.2) is 4.98 Å². The van der Waals surface area contributed by atoms with E-state index in [9.17, 15) is 9.59 Å². The first-order valence-electron chi connectivity index (χ1n) is 15.0. The molecule has 0 aliphatic rings. The molecule has 0 bridgehead atoms. The van der Waals surface area contributed by atoms with Gasteiger partial charge in [0.05, 0.1) is 16.7 Å². The van der Waals surface area contributed by atoms with Crippen molar-refractivity contribution in [3.05, 3.63) is 113 Å². The number of aliphatic carboxylic acids is 2. The molecule has 0 aliphatic carbocycles. The molecule has 4 aromatic carbocycles. The van der Waals surface area contributed by atoms with Gasteiger partial charge in [-0.05, 0) is 69.3 Å². The number of nitrogens with one attached hydrogen (secondary N) is 1. The summed E-state index contributed by atoms with van der Waals surface area (Å²) in [4.78, 5) is 30.6. The maximum absolute atomic E-state index is 11.1. The van der Waals surface area contributed by atoms with E-state index in [1.54, 1.807) is 16.4 Å². The summed E-state index contributed by atoms with van der Waals surface area (Å²) in [6.45, 7) is 0. The van der Waals surface area contributed by atoms with Gasteiger partial charge < -0.3 is 26.7 Å². The number of thioether (sulfide) groups is 2. The second kappa shape index (κ2) is 14.8. The average Bonchev–Trinajstić information content (AvgIpc) is 3.74. The largest absolute Gasteiger partial charge is 0.480 e. The van der Waals surface area contributed by atoms with Crippen molar-refractivity contribution in [2.75, 3.05) is 0 Å². The third-order valence-electron chi connectivity index (χ3n) is 7.63. The number of benzene rings is 4. The van der Waals surface area contributed by atoms with Crippen molar-refractivity contribution < 1.29 is 19.8 Å². The normalized spacial score (nSPS) is 12.6. The van der Waals surface area contributed by atoms with E-state index in [-0.39, 0.29) is 12.8 Å². The first kappa shape index (κ1) is 32.9. The second-order valence-corrected chi connectivity index (χ2v) is 13.1. The molecule has 0 fully saturated rings. The van der Waals surface area contributed by atoms with Crippen LogP contribution in [-0.4, -0.2) is 64.4 Å². The molecule has 7 N–H and O–H groups in total. The van der Waals surface area contributed by atoms with Crippen molar-refractivity contribution in [1.29, 1.82) is 0 Å². The summed E-state index contributed by atoms with van der Waals surface area (Å²) in [7, 11) is 0. The molecule has 0 unspecified atom stereocenters. The first-order chi connectivity index (χ1) is 23.2. The highest BCUT2D eigenvalue weighted by Gasteiger charge is 2.16. The van der Waals surface area contributed by atoms with Gasteiger partial charge in [0.25, 0.3) is 0 Å². The van der Waals surface area contributed by atoms with Gasteiger partial charge in [-0.15, -0.1) is 5.10 Å². The van der Waals surface area contributed by atoms with E-state index in [0.29, 0.717) is 16.7 Å². The molecule has 0 saturated heterocycles. The Hall–Kier alpha value is -5.02. The number of fused-ring (bicyclic) bond motifs is 1. The fraction of sp³-hybridized carbons (Fsp3) is 0.176. The number of tetrazole rings is 1. The van der Waals surface area contributed by atoms with Gasteiger partial charge in [-0.2, -0.15) is 4.68 Å². The number of aromatic amines is 1. The first-order valence-corrected chi connectivity index (χ1v) is 17.0. The molecular formula is C34H32N8O4S2. The molecule has 0 radical (unpaired) electrons. The number of nitrogens with zero attached hydrogens (tertiary/aromatic N) is 5. The fourth-order valence-corrected chi connectivity index (χ4v) is 6.85. The second-order valence-electron chi connectivity index (χ2n) is 11.2. The molecule has 2 aromatic heterocycles. The molecular weight excluding hydrogens is 649 g/mol. The third-order valence-corrected chi connectivity index (χ3v) is 9.56. The van der Waals surface area contributed by atoms with Crippen LogP contribution in [0.25, 0.3) is 27.8 Å². The minimum atomic E-state index is -1.03. The van der Waals surface area contributed by atoms with Crippen molar-refractivity contribution >= 4 is 46.5 Å². The summed E-state index contributed by atoms with van der Waals surface area (Å²) in [5, 5.41) is 32.0. The maximum atomic E-state index is 11.1. The standard InChI is InChI=1S/C34H32N8O4S2/c35-27(31(43)44)16-20-4-1-6-22(14-20)18-47-33-37-29-9-3-8-26(30(29)38-33)24-10-12-25(13-11-24)42-34(39-40-41-42)48-19-23-7-2-5-21(15-23)17-28(36)32(45)46/h1-15,27-28H,16-19,35-36H2,(H,37,38)(H,43,44)(H,45,46)/t27-,28-/m0/s1. The van der Waals surface area contributed by atoms with Crippen LogP contribution in [0.2, 0.25) is 0 Å². The molecule has 14 heteroatoms. The predicted molar refractivity (Wildman–Crippen MR) is 185 cm³/mol. The lowest BCUT2D eigenvalue weighted by Crippen LogP contribution is -2.32. The Bertz CT molecular complexity index is 2060. The van der Waals surface area contributed by atoms with Gasteiger partial charge in [0.15, 0.2) is 5.16 Å². The van der Waals surface area contributed by atoms with E-state index in [1.165, 1.54) is 11.8 Å². The number of H-pyrrole nitrogens is 1. The van der Waals surface area contributed by atoms with Gasteiger partial charge in [-0.3, -0.25) is 9.59 Å². The minimum absolute atomic E-state index is 0.256. The van der Waals surface area contributed by atoms with E-state index in [2.05, 4.69) is 20.5 Å². The Labute approximate surface area is 284 Å². The molecule has 6 aromatic rings. The lowest BCUT2D eigenvalue weighted by Gasteiger charge is -2.09. The van der Waals surface area contributed by atoms with Crippen molar-refractivity contribution in [2.24, 2.45) is 11.5 Å². The summed E-state index contributed by atoms with van der Waals surface area (Å²) in [5.41, 5.74) is 19.8. The minimum Gasteiger partial charge on any atom is -0.480 e. The molecule has 0 aliphatic heterocycles. The lowest BCUT2D eigenvalue weighted by atomic mass is 10.0. The Morgan fingerprint density at radius 2 is 1.35 bits per heavy atom. The summed E-state index contributed by atoms with van der Waals surface area (Å²) in [6.07, 6.45) is 0.530. The summed E-state index contributed by atoms with van der Waals surface area (Å²) < 4.78 is 1.69. The number of carboxylic acids is 2. The van der Waals surface area contributed by atoms with Crippen LogP contribution >= 0.6 is 23.5 Å². The van der Waals surface area contributed by atoms with Crippen molar-refractivity contribution in [2.45, 2.75) is 46.7 Å². The predicted octanol–water partition coefficient (Wildman–Crippen LogP) is 4.70. The van der Waals surface area contributed by atoms with Crippen molar-refractivity contribution in [3.63, 3.8) is 0 Å². The van der Waals surface area contributed by atoms with Crippen molar-refractivity contribution in [3.8, 4) is 16.8 Å². The zero-order chi connectivity index (χ0) is 33.6. The zero-order valence-corrected chi connectivity index (χ0v) is 27.2. The van der Waals surface area contributed by atoms with Crippen LogP contribution in [0.5, 0.6) is 0 Å². The number of imidazole rings is 1. The molecule has 6 rings (SSSR count). The topological polar surface area (TPSA) is 199 Å². The van der Waals surface area contributed by atoms with Gasteiger partial charge >= 0.3 is 11.9 Å². The molecule has 2 atom stereocenters. The summed E-state index contributed by atoms with van der Waals surface area (Å²) in [5.74, 6) is -0.780. The maximum Gasteiger partial charge on any atom is 0.320 e. The Kier molecular flexibility index (Phi) is 10.2. The monoisotopic (exact) mass is 680 g/mol. The van der Waals surface area contributed by atoms with Crippen LogP contribution in [0.1, 0.15) is 22.3 Å². The number of rotatable bonds is 14. The quantitative estimate of drug-likeness (QED) is 0.0996. The third kappa shape index (κ3) is 7.91. The Balaban J connectivity index is 1.13. The molecule has 244 valence electrons. The highest BCUT2D eigenvalue weighted by molar-refractivity contribution is 7.98. The molecule has 48 heavy (non-hydrogen) atoms. The van der Waals surface area contributed by atoms with Gasteiger partial charge in [0, 0.05) is 17.1 Å². The average molecular weight is 681 g/mol. The van der Waals surface area contributed by atoms with E-state index in [4.69, 9.17) is 26.7 Å². The van der Waals surface area contributed by atoms with E-state index >= 15 is 0 Å². The Morgan fingerprint density at radius 1 is 0.771 bits per heavy atom. The summed E-state index contributed by atoms with van der Waals surface area (Å²) >= 11 is 3.06. The molecule has 2 heterocycles. The highest BCUT2D eigenvalue weighted by Crippen LogP contribution is 2.32. The number of para-hydroxylation sites is 1. The van der Waals surface area contributed by atoms with Crippen LogP contribution in [0, 0.1) is 0 Å². The van der Waals surface area contributed by atoms with Gasteiger partial charge in [0.1, 0.15) is 12.1 Å². The smallest absolute Gasteiger partial charge is 0.320 e. The zero-order valence-electron chi connectivity index (χ0n) is 25.6. The number of nitrogens with two attached hydrogens (primary N) is 2. The molecule has 0 spiro atoms. The van der Waals surface area contributed by atoms with Crippen LogP contribution in [0.4, 0.5) is 0 Å². The lowest BCUT2D eigenvalue weighted by molar-refractivity contribution is -0.139. The summed E-state index contributed by atoms with van der Waals surface area (Å²) in [6, 6.07) is 27.6. The Morgan fingerprint density at radius 3 is 1.98 bits per heavy atom. The number of hydrogen-bond acceptors (Lipinski definition) is 10. The molecule has 0 saturated carbocycles. The van der Waals surface area contributed by atoms with E-state index in [1.807, 2.05) is 91.0 Å². The number of aromatic nitrogens is 6. The van der Waals surface area contributed by atoms with Gasteiger partial charge in [-0.1, -0.05) is 96.3 Å². The van der Waals surface area contributed by atoms with E-state index in [0.717, 1.165) is 55.3 Å². The van der Waals surface area contributed by atoms with Crippen molar-refractivity contribution in [1.82, 2.24) is 30.2 Å². The number of carbonyl (C=O) groups is 2. The highest BCUT2D eigenvalue weighted by atomic mass is 32.2. The van der Waals surface area contributed by atoms with E-state index < -0.39 is 24.0 Å². The fourth-order valence-electron chi connectivity index (χ4n) is 5.20. The molecule has 0 amide bonds. The van der Waals surface area contributed by atoms with Crippen LogP contribution in [-0.2, 0) is 33.9 Å². The number of hydrogen-bond donors (Lipinski definition) is 5. The van der Waals surface area contributed by atoms with Crippen LogP contribution in [0.3, 0.4) is 0 Å². The van der Waals surface area contributed by atoms with Crippen LogP contribution in [0.15, 0.2) is 101 Å². The number of carboxylic acid groups (broad SMARTS) is 2. The SMILES string of the molecule is N[C@@H](Cc1cccc(CSc2nc3c(-c4ccc(-n5nnnc5SCc5cccc(C[C@H](N)C(=O)O)c5)cc4)cccc3[nH]2)c1)C(=O)O.